The summed E-state index contributed by atoms with van der Waals surface area (Å²) < 4.78 is 24.6. The summed E-state index contributed by atoms with van der Waals surface area (Å²) in [5.74, 6) is -0.404. The molecule has 0 aliphatic heterocycles. The molecule has 440 valence electrons. The second-order valence-corrected chi connectivity index (χ2v) is 27.8. The summed E-state index contributed by atoms with van der Waals surface area (Å²) in [7, 11) is 6.32. The van der Waals surface area contributed by atoms with Crippen molar-refractivity contribution < 1.29 is 16.4 Å². The number of aryl methyl sites for hydroxylation is 6. The number of hydrogen-bond acceptors (Lipinski definition) is 0. The maximum Gasteiger partial charge on any atom is 0.213 e. The molecule has 1 spiro atoms. The van der Waals surface area contributed by atoms with Crippen molar-refractivity contribution >= 4 is 0 Å². The average Bonchev–Trinajstić information content (AvgIpc) is 1.82. The Kier molecular flexibility index (Phi) is 19.2. The Balaban J connectivity index is 0.000000156. The number of pyridine rings is 3. The van der Waals surface area contributed by atoms with Gasteiger partial charge in [-0.2, -0.15) is 0 Å². The quantitative estimate of drug-likeness (QED) is 0.114. The fourth-order valence-corrected chi connectivity index (χ4v) is 13.6. The zero-order chi connectivity index (χ0) is 62.3. The van der Waals surface area contributed by atoms with Crippen LogP contribution in [0.3, 0.4) is 0 Å². The molecule has 0 bridgehead atoms. The predicted octanol–water partition coefficient (Wildman–Crippen LogP) is 21.1. The first-order valence-corrected chi connectivity index (χ1v) is 31.8. The summed E-state index contributed by atoms with van der Waals surface area (Å²) in [4.78, 5) is 0. The van der Waals surface area contributed by atoms with Gasteiger partial charge >= 0.3 is 0 Å². The van der Waals surface area contributed by atoms with Crippen molar-refractivity contribution in [1.29, 1.82) is 0 Å². The minimum absolute atomic E-state index is 0.131. The third-order valence-corrected chi connectivity index (χ3v) is 18.4. The Morgan fingerprint density at radius 1 is 0.435 bits per heavy atom. The standard InChI is InChI=1S/C30H36N.2C26H32N/c1-23-8-4-5-9-28(23)29-22-27(16-21-31(29)2)25-12-10-24(11-13-25)26-14-19-30(20-15-26)17-6-3-7-18-30;2*1-19-9-7-8-10-24(19)25-17-23(15-16-27(25)6)22-13-11-21(12-14-22)20(2)18-26(3,4)5/h4-5,8-13,16,21-22,26H,3,6-7,14-15,17-20H2,1-2H3;2*7-17,20H,18H2,1-6H3/q3*+1/i26D;20D;. The molecule has 11 rings (SSSR count). The summed E-state index contributed by atoms with van der Waals surface area (Å²) >= 11 is 0. The molecule has 0 amide bonds. The van der Waals surface area contributed by atoms with Gasteiger partial charge in [-0.15, -0.1) is 0 Å². The van der Waals surface area contributed by atoms with Crippen LogP contribution < -0.4 is 13.7 Å². The van der Waals surface area contributed by atoms with Crippen molar-refractivity contribution in [1.82, 2.24) is 0 Å². The summed E-state index contributed by atoms with van der Waals surface area (Å²) in [6, 6.07) is 65.7. The lowest BCUT2D eigenvalue weighted by molar-refractivity contribution is -0.660. The largest absolute Gasteiger partial charge is 0.213 e. The molecule has 2 unspecified atom stereocenters. The predicted molar refractivity (Wildman–Crippen MR) is 361 cm³/mol. The second-order valence-electron chi connectivity index (χ2n) is 27.8. The lowest BCUT2D eigenvalue weighted by Crippen LogP contribution is -2.30. The smallest absolute Gasteiger partial charge is 0.201 e. The monoisotopic (exact) mass is 1130 g/mol. The van der Waals surface area contributed by atoms with Crippen molar-refractivity contribution in [2.45, 2.75) is 164 Å². The SMILES string of the molecule is Cc1ccccc1-c1cc(-c2ccc(C(C)CC(C)(C)C)cc2)cc[n+]1C.[2H]C(C)(CC(C)(C)C)c1ccc(-c2cc[n+](C)c(-c3ccccc3C)c2)cc1.[2H]C1(c2ccc(-c3cc[n+](C)c(-c4ccccc4C)c3)cc2)CCC2(CCCCC2)CC1. The van der Waals surface area contributed by atoms with Gasteiger partial charge in [0.15, 0.2) is 18.6 Å². The molecule has 3 aromatic heterocycles. The van der Waals surface area contributed by atoms with E-state index in [-0.39, 0.29) is 5.41 Å². The van der Waals surface area contributed by atoms with Crippen molar-refractivity contribution in [3.63, 3.8) is 0 Å². The van der Waals surface area contributed by atoms with E-state index in [0.717, 1.165) is 24.8 Å². The van der Waals surface area contributed by atoms with E-state index in [1.807, 2.05) is 6.92 Å². The van der Waals surface area contributed by atoms with Gasteiger partial charge < -0.3 is 0 Å². The van der Waals surface area contributed by atoms with E-state index >= 15 is 0 Å². The van der Waals surface area contributed by atoms with Crippen LogP contribution in [0.15, 0.2) is 201 Å². The topological polar surface area (TPSA) is 11.6 Å². The third-order valence-electron chi connectivity index (χ3n) is 18.4. The highest BCUT2D eigenvalue weighted by Gasteiger charge is 2.36. The van der Waals surface area contributed by atoms with Crippen LogP contribution in [0.25, 0.3) is 67.2 Å². The van der Waals surface area contributed by atoms with Gasteiger partial charge in [-0.3, -0.25) is 0 Å². The van der Waals surface area contributed by atoms with E-state index in [4.69, 9.17) is 1.37 Å². The lowest BCUT2D eigenvalue weighted by Gasteiger charge is -2.43. The molecule has 2 atom stereocenters. The van der Waals surface area contributed by atoms with Crippen LogP contribution in [0.5, 0.6) is 0 Å². The highest BCUT2D eigenvalue weighted by Crippen LogP contribution is 2.51. The number of rotatable bonds is 11. The molecule has 2 saturated carbocycles. The van der Waals surface area contributed by atoms with Crippen LogP contribution in [0.2, 0.25) is 0 Å². The average molecular weight is 1130 g/mol. The maximum atomic E-state index is 9.23. The molecular weight excluding hydrogens is 1030 g/mol. The van der Waals surface area contributed by atoms with Crippen LogP contribution in [-0.2, 0) is 21.1 Å². The van der Waals surface area contributed by atoms with Crippen LogP contribution >= 0.6 is 0 Å². The molecule has 0 radical (unpaired) electrons. The van der Waals surface area contributed by atoms with Crippen LogP contribution in [0.1, 0.15) is 180 Å². The van der Waals surface area contributed by atoms with E-state index in [1.54, 1.807) is 0 Å². The van der Waals surface area contributed by atoms with E-state index in [1.165, 1.54) is 146 Å². The Morgan fingerprint density at radius 2 is 0.788 bits per heavy atom. The van der Waals surface area contributed by atoms with Crippen LogP contribution in [0, 0.1) is 37.0 Å². The first kappa shape index (κ1) is 59.5. The van der Waals surface area contributed by atoms with Gasteiger partial charge in [0.25, 0.3) is 0 Å². The Bertz CT molecular complexity index is 3750. The normalized spacial score (nSPS) is 16.1. The summed E-state index contributed by atoms with van der Waals surface area (Å²) in [6.07, 6.45) is 20.0. The van der Waals surface area contributed by atoms with Crippen LogP contribution in [0.4, 0.5) is 0 Å². The minimum atomic E-state index is -0.577. The number of benzene rings is 6. The van der Waals surface area contributed by atoms with E-state index in [2.05, 4.69) is 305 Å². The molecule has 2 aliphatic carbocycles. The molecule has 3 nitrogen and oxygen atoms in total. The van der Waals surface area contributed by atoms with Gasteiger partial charge in [-0.25, -0.2) is 13.7 Å². The summed E-state index contributed by atoms with van der Waals surface area (Å²) in [5.41, 5.74) is 23.5. The van der Waals surface area contributed by atoms with Gasteiger partial charge in [0.05, 0.1) is 0 Å². The van der Waals surface area contributed by atoms with Gasteiger partial charge in [0, 0.05) is 55.8 Å². The van der Waals surface area contributed by atoms with Crippen molar-refractivity contribution in [3.05, 3.63) is 234 Å². The molecular formula is C82H100N3+3. The highest BCUT2D eigenvalue weighted by molar-refractivity contribution is 5.73. The van der Waals surface area contributed by atoms with Crippen molar-refractivity contribution in [3.8, 4) is 67.2 Å². The molecule has 9 aromatic rings. The third kappa shape index (κ3) is 16.2. The molecule has 2 fully saturated rings. The molecule has 3 heterocycles. The fraction of sp³-hybridized carbons (Fsp3) is 0.378. The lowest BCUT2D eigenvalue weighted by atomic mass is 9.62. The van der Waals surface area contributed by atoms with Gasteiger partial charge in [-0.1, -0.05) is 202 Å². The number of hydrogen-bond donors (Lipinski definition) is 0. The van der Waals surface area contributed by atoms with Gasteiger partial charge in [0.2, 0.25) is 17.1 Å². The first-order chi connectivity index (χ1) is 41.3. The maximum absolute atomic E-state index is 9.23. The van der Waals surface area contributed by atoms with Gasteiger partial charge in [0.1, 0.15) is 21.1 Å². The zero-order valence-electron chi connectivity index (χ0n) is 56.2. The Labute approximate surface area is 516 Å². The molecule has 2 aliphatic rings. The van der Waals surface area contributed by atoms with Crippen molar-refractivity contribution in [2.75, 3.05) is 0 Å². The Hall–Kier alpha value is -7.23. The van der Waals surface area contributed by atoms with E-state index in [9.17, 15) is 1.37 Å². The van der Waals surface area contributed by atoms with Crippen LogP contribution in [-0.4, -0.2) is 0 Å². The Morgan fingerprint density at radius 3 is 1.15 bits per heavy atom. The zero-order valence-corrected chi connectivity index (χ0v) is 54.2. The summed E-state index contributed by atoms with van der Waals surface area (Å²) in [5, 5.41) is 0. The molecule has 6 aromatic carbocycles. The number of aromatic nitrogens is 3. The van der Waals surface area contributed by atoms with E-state index in [0.29, 0.717) is 16.7 Å². The molecule has 85 heavy (non-hydrogen) atoms. The molecule has 3 heteroatoms. The van der Waals surface area contributed by atoms with Gasteiger partial charge in [-0.05, 0) is 191 Å². The molecule has 0 N–H and O–H groups in total. The molecule has 0 saturated heterocycles. The number of nitrogens with zero attached hydrogens (tertiary/aromatic N) is 3. The minimum Gasteiger partial charge on any atom is -0.201 e. The highest BCUT2D eigenvalue weighted by atomic mass is 14.9. The fourth-order valence-electron chi connectivity index (χ4n) is 13.6. The second kappa shape index (κ2) is 27.4. The summed E-state index contributed by atoms with van der Waals surface area (Å²) in [6.45, 7) is 24.4. The first-order valence-electron chi connectivity index (χ1n) is 32.8. The van der Waals surface area contributed by atoms with Crippen molar-refractivity contribution in [2.24, 2.45) is 37.4 Å². The van der Waals surface area contributed by atoms with E-state index < -0.39 is 11.8 Å².